The molecule has 182 valence electrons. The van der Waals surface area contributed by atoms with Crippen LogP contribution in [0.15, 0.2) is 47.4 Å². The Morgan fingerprint density at radius 2 is 1.70 bits per heavy atom. The van der Waals surface area contributed by atoms with Crippen LogP contribution >= 0.6 is 0 Å². The smallest absolute Gasteiger partial charge is 0.248 e. The normalized spacial score (nSPS) is 12.9. The number of methoxy groups -OCH3 is 1. The van der Waals surface area contributed by atoms with Crippen LogP contribution in [0.3, 0.4) is 0 Å². The molecule has 0 saturated heterocycles. The summed E-state index contributed by atoms with van der Waals surface area (Å²) in [6.45, 7) is 4.96. The Bertz CT molecular complexity index is 1200. The second-order valence-electron chi connectivity index (χ2n) is 7.59. The third kappa shape index (κ3) is 6.65. The molecule has 33 heavy (non-hydrogen) atoms. The van der Waals surface area contributed by atoms with Gasteiger partial charge in [0.2, 0.25) is 26.0 Å². The van der Waals surface area contributed by atoms with Crippen LogP contribution in [0, 0.1) is 5.82 Å². The van der Waals surface area contributed by atoms with Gasteiger partial charge < -0.3 is 10.1 Å². The van der Waals surface area contributed by atoms with Crippen molar-refractivity contribution in [3.05, 3.63) is 48.3 Å². The molecule has 1 atom stereocenters. The van der Waals surface area contributed by atoms with E-state index in [-0.39, 0.29) is 34.5 Å². The molecule has 1 amide bonds. The van der Waals surface area contributed by atoms with Crippen molar-refractivity contribution in [3.63, 3.8) is 0 Å². The molecule has 0 fully saturated rings. The number of nitrogens with one attached hydrogen (secondary N) is 2. The fourth-order valence-electron chi connectivity index (χ4n) is 3.19. The summed E-state index contributed by atoms with van der Waals surface area (Å²) in [4.78, 5) is 13.1. The molecule has 2 rings (SSSR count). The van der Waals surface area contributed by atoms with Crippen molar-refractivity contribution in [2.45, 2.75) is 44.2 Å². The zero-order valence-electron chi connectivity index (χ0n) is 19.0. The average Bonchev–Trinajstić information content (AvgIpc) is 2.70. The van der Waals surface area contributed by atoms with E-state index in [2.05, 4.69) is 10.0 Å². The summed E-state index contributed by atoms with van der Waals surface area (Å²) in [6, 6.07) is 7.13. The minimum Gasteiger partial charge on any atom is -0.495 e. The fourth-order valence-corrected chi connectivity index (χ4v) is 5.68. The number of hydrogen-bond acceptors (Lipinski definition) is 6. The van der Waals surface area contributed by atoms with Gasteiger partial charge in [0, 0.05) is 6.04 Å². The molecule has 2 aromatic rings. The maximum absolute atomic E-state index is 13.4. The van der Waals surface area contributed by atoms with E-state index in [9.17, 15) is 26.0 Å². The van der Waals surface area contributed by atoms with Crippen LogP contribution < -0.4 is 19.1 Å². The van der Waals surface area contributed by atoms with Gasteiger partial charge >= 0.3 is 0 Å². The summed E-state index contributed by atoms with van der Waals surface area (Å²) < 4.78 is 72.1. The van der Waals surface area contributed by atoms with Gasteiger partial charge in [-0.2, -0.15) is 0 Å². The Labute approximate surface area is 194 Å². The number of halogens is 1. The van der Waals surface area contributed by atoms with Gasteiger partial charge in [-0.15, -0.1) is 0 Å². The lowest BCUT2D eigenvalue weighted by atomic mass is 10.1. The number of amides is 1. The number of hydrogen-bond donors (Lipinski definition) is 2. The van der Waals surface area contributed by atoms with Crippen molar-refractivity contribution in [2.75, 3.05) is 23.0 Å². The largest absolute Gasteiger partial charge is 0.495 e. The van der Waals surface area contributed by atoms with E-state index in [0.29, 0.717) is 0 Å². The van der Waals surface area contributed by atoms with Crippen LogP contribution in [0.25, 0.3) is 0 Å². The molecule has 0 aromatic heterocycles. The molecule has 0 aliphatic heterocycles. The van der Waals surface area contributed by atoms with E-state index in [1.54, 1.807) is 20.8 Å². The van der Waals surface area contributed by atoms with Crippen molar-refractivity contribution in [1.82, 2.24) is 4.72 Å². The number of nitrogens with zero attached hydrogens (tertiary/aromatic N) is 1. The molecule has 0 unspecified atom stereocenters. The topological polar surface area (TPSA) is 122 Å². The number of sulfonamides is 2. The van der Waals surface area contributed by atoms with Gasteiger partial charge in [-0.1, -0.05) is 6.92 Å². The van der Waals surface area contributed by atoms with E-state index in [1.165, 1.54) is 37.4 Å². The average molecular weight is 502 g/mol. The molecule has 2 N–H and O–H groups in total. The van der Waals surface area contributed by atoms with Gasteiger partial charge in [0.05, 0.1) is 29.6 Å². The van der Waals surface area contributed by atoms with E-state index < -0.39 is 37.8 Å². The summed E-state index contributed by atoms with van der Waals surface area (Å²) in [5.74, 6) is -1.08. The predicted molar refractivity (Wildman–Crippen MR) is 125 cm³/mol. The highest BCUT2D eigenvalue weighted by Crippen LogP contribution is 2.29. The monoisotopic (exact) mass is 501 g/mol. The predicted octanol–water partition coefficient (Wildman–Crippen LogP) is 2.70. The van der Waals surface area contributed by atoms with Crippen LogP contribution in [0.4, 0.5) is 15.8 Å². The lowest BCUT2D eigenvalue weighted by Gasteiger charge is -2.30. The highest BCUT2D eigenvalue weighted by Gasteiger charge is 2.32. The molecule has 0 aliphatic carbocycles. The number of benzene rings is 2. The van der Waals surface area contributed by atoms with Crippen LogP contribution in [-0.2, 0) is 24.8 Å². The third-order valence-electron chi connectivity index (χ3n) is 4.54. The van der Waals surface area contributed by atoms with E-state index in [4.69, 9.17) is 4.74 Å². The third-order valence-corrected chi connectivity index (χ3v) is 7.38. The Morgan fingerprint density at radius 3 is 2.18 bits per heavy atom. The second kappa shape index (κ2) is 10.5. The SMILES string of the molecule is CC[C@H](C(=O)Nc1cc(S(=O)(=O)NC(C)C)ccc1OC)N(c1ccc(F)cc1)S(C)(=O)=O. The molecule has 0 aliphatic rings. The summed E-state index contributed by atoms with van der Waals surface area (Å²) in [5.41, 5.74) is 0.172. The van der Waals surface area contributed by atoms with Gasteiger partial charge in [0.25, 0.3) is 0 Å². The summed E-state index contributed by atoms with van der Waals surface area (Å²) >= 11 is 0. The van der Waals surface area contributed by atoms with Crippen LogP contribution in [0.1, 0.15) is 27.2 Å². The Balaban J connectivity index is 2.47. The minimum absolute atomic E-state index is 0.0557. The van der Waals surface area contributed by atoms with Crippen molar-refractivity contribution in [2.24, 2.45) is 0 Å². The molecule has 2 aromatic carbocycles. The van der Waals surface area contributed by atoms with E-state index in [1.807, 2.05) is 0 Å². The molecule has 0 bridgehead atoms. The Morgan fingerprint density at radius 1 is 1.09 bits per heavy atom. The van der Waals surface area contributed by atoms with Gasteiger partial charge in [0.1, 0.15) is 17.6 Å². The highest BCUT2D eigenvalue weighted by molar-refractivity contribution is 7.92. The van der Waals surface area contributed by atoms with Crippen molar-refractivity contribution >= 4 is 37.3 Å². The molecule has 12 heteroatoms. The molecular formula is C21H28FN3O6S2. The summed E-state index contributed by atoms with van der Waals surface area (Å²) in [5, 5.41) is 2.58. The lowest BCUT2D eigenvalue weighted by Crippen LogP contribution is -2.47. The summed E-state index contributed by atoms with van der Waals surface area (Å²) in [7, 11) is -6.43. The first-order valence-electron chi connectivity index (χ1n) is 10.1. The number of anilines is 2. The summed E-state index contributed by atoms with van der Waals surface area (Å²) in [6.07, 6.45) is 1.03. The van der Waals surface area contributed by atoms with E-state index >= 15 is 0 Å². The quantitative estimate of drug-likeness (QED) is 0.516. The van der Waals surface area contributed by atoms with Gasteiger partial charge in [-0.25, -0.2) is 25.9 Å². The number of rotatable bonds is 10. The second-order valence-corrected chi connectivity index (χ2v) is 11.2. The molecule has 0 radical (unpaired) electrons. The zero-order valence-corrected chi connectivity index (χ0v) is 20.6. The Hall–Kier alpha value is -2.70. The maximum atomic E-state index is 13.4. The van der Waals surface area contributed by atoms with Crippen LogP contribution in [0.5, 0.6) is 5.75 Å². The number of carbonyl (C=O) groups is 1. The lowest BCUT2D eigenvalue weighted by molar-refractivity contribution is -0.117. The van der Waals surface area contributed by atoms with E-state index in [0.717, 1.165) is 22.7 Å². The first-order chi connectivity index (χ1) is 15.3. The minimum atomic E-state index is -3.93. The molecule has 0 saturated carbocycles. The molecular weight excluding hydrogens is 473 g/mol. The van der Waals surface area contributed by atoms with Crippen molar-refractivity contribution in [1.29, 1.82) is 0 Å². The Kier molecular flexibility index (Phi) is 8.44. The number of ether oxygens (including phenoxy) is 1. The molecule has 9 nitrogen and oxygen atoms in total. The van der Waals surface area contributed by atoms with Crippen LogP contribution in [0.2, 0.25) is 0 Å². The van der Waals surface area contributed by atoms with Gasteiger partial charge in [-0.05, 0) is 62.7 Å². The van der Waals surface area contributed by atoms with Gasteiger partial charge in [-0.3, -0.25) is 9.10 Å². The van der Waals surface area contributed by atoms with Crippen molar-refractivity contribution < 1.29 is 30.8 Å². The van der Waals surface area contributed by atoms with Crippen molar-refractivity contribution in [3.8, 4) is 5.75 Å². The first-order valence-corrected chi connectivity index (χ1v) is 13.4. The number of carbonyl (C=O) groups excluding carboxylic acids is 1. The highest BCUT2D eigenvalue weighted by atomic mass is 32.2. The molecule has 0 heterocycles. The van der Waals surface area contributed by atoms with Crippen LogP contribution in [-0.4, -0.2) is 48.2 Å². The zero-order chi connectivity index (χ0) is 25.0. The standard InChI is InChI=1S/C21H28FN3O6S2/c1-6-19(25(32(5,27)28)16-9-7-15(22)8-10-16)21(26)23-18-13-17(11-12-20(18)31-4)33(29,30)24-14(2)3/h7-14,19,24H,6H2,1-5H3,(H,23,26)/t19-/m1/s1. The molecule has 0 spiro atoms. The first kappa shape index (κ1) is 26.6. The fraction of sp³-hybridized carbons (Fsp3) is 0.381. The van der Waals surface area contributed by atoms with Gasteiger partial charge in [0.15, 0.2) is 0 Å². The maximum Gasteiger partial charge on any atom is 0.248 e.